The molecule has 1 aliphatic rings. The number of carbonyl (C=O) groups excluding carboxylic acids is 2. The summed E-state index contributed by atoms with van der Waals surface area (Å²) in [4.78, 5) is 41.7. The van der Waals surface area contributed by atoms with Gasteiger partial charge in [0.25, 0.3) is 0 Å². The molecule has 3 rings (SSSR count). The van der Waals surface area contributed by atoms with Crippen LogP contribution in [-0.2, 0) is 26.3 Å². The van der Waals surface area contributed by atoms with E-state index in [1.165, 1.54) is 24.4 Å². The van der Waals surface area contributed by atoms with E-state index in [1.54, 1.807) is 18.3 Å². The molecular weight excluding hydrogens is 327 g/mol. The highest BCUT2D eigenvalue weighted by molar-refractivity contribution is 6.10. The van der Waals surface area contributed by atoms with Crippen LogP contribution in [0.3, 0.4) is 0 Å². The van der Waals surface area contributed by atoms with Gasteiger partial charge in [-0.2, -0.15) is 0 Å². The number of rotatable bonds is 5. The van der Waals surface area contributed by atoms with Crippen LogP contribution < -0.4 is 0 Å². The molecule has 0 spiro atoms. The number of carboxylic acid groups (broad SMARTS) is 1. The molecule has 0 bridgehead atoms. The van der Waals surface area contributed by atoms with Crippen LogP contribution in [0.1, 0.15) is 24.0 Å². The number of carbonyl (C=O) groups is 3. The number of nitrogens with zero attached hydrogens (tertiary/aromatic N) is 2. The van der Waals surface area contributed by atoms with Gasteiger partial charge in [-0.3, -0.25) is 24.3 Å². The fraction of sp³-hybridized carbons (Fsp3) is 0.222. The number of likely N-dealkylation sites (tertiary alicyclic amines) is 1. The molecule has 1 aliphatic heterocycles. The molecule has 1 aromatic carbocycles. The maximum Gasteiger partial charge on any atom is 0.304 e. The summed E-state index contributed by atoms with van der Waals surface area (Å²) in [6.07, 6.45) is 2.21. The van der Waals surface area contributed by atoms with E-state index in [-0.39, 0.29) is 18.5 Å². The predicted molar refractivity (Wildman–Crippen MR) is 84.7 cm³/mol. The number of imide groups is 1. The van der Waals surface area contributed by atoms with E-state index in [9.17, 15) is 23.9 Å². The average Bonchev–Trinajstić information content (AvgIpc) is 2.80. The Hall–Kier alpha value is -3.09. The number of aromatic nitrogens is 1. The van der Waals surface area contributed by atoms with Crippen molar-refractivity contribution in [1.29, 1.82) is 0 Å². The number of hydrogen-bond donors (Lipinski definition) is 1. The van der Waals surface area contributed by atoms with E-state index in [0.29, 0.717) is 5.56 Å². The zero-order valence-electron chi connectivity index (χ0n) is 13.2. The monoisotopic (exact) mass is 342 g/mol. The third kappa shape index (κ3) is 3.13. The lowest BCUT2D eigenvalue weighted by atomic mass is 9.76. The Morgan fingerprint density at radius 2 is 2.08 bits per heavy atom. The normalized spacial score (nSPS) is 20.1. The van der Waals surface area contributed by atoms with E-state index < -0.39 is 35.4 Å². The van der Waals surface area contributed by atoms with Gasteiger partial charge in [-0.05, 0) is 29.3 Å². The van der Waals surface area contributed by atoms with Crippen LogP contribution >= 0.6 is 0 Å². The third-order valence-electron chi connectivity index (χ3n) is 4.30. The van der Waals surface area contributed by atoms with Crippen molar-refractivity contribution >= 4 is 17.8 Å². The lowest BCUT2D eigenvalue weighted by molar-refractivity contribution is -0.145. The summed E-state index contributed by atoms with van der Waals surface area (Å²) in [5.74, 6) is -2.93. The molecule has 0 aliphatic carbocycles. The van der Waals surface area contributed by atoms with Crippen LogP contribution in [0.5, 0.6) is 0 Å². The molecule has 1 N–H and O–H groups in total. The van der Waals surface area contributed by atoms with Crippen LogP contribution in [0.25, 0.3) is 0 Å². The molecular formula is C18H15FN2O4. The number of amides is 2. The molecule has 1 aromatic heterocycles. The highest BCUT2D eigenvalue weighted by Crippen LogP contribution is 2.40. The van der Waals surface area contributed by atoms with Crippen molar-refractivity contribution in [2.75, 3.05) is 0 Å². The molecule has 6 nitrogen and oxygen atoms in total. The summed E-state index contributed by atoms with van der Waals surface area (Å²) in [6, 6.07) is 8.58. The van der Waals surface area contributed by atoms with Crippen molar-refractivity contribution in [2.45, 2.75) is 24.8 Å². The zero-order chi connectivity index (χ0) is 18.0. The highest BCUT2D eigenvalue weighted by Gasteiger charge is 2.53. The minimum absolute atomic E-state index is 0.00217. The van der Waals surface area contributed by atoms with E-state index in [0.717, 1.165) is 11.0 Å². The van der Waals surface area contributed by atoms with Crippen molar-refractivity contribution in [3.63, 3.8) is 0 Å². The minimum Gasteiger partial charge on any atom is -0.481 e. The second kappa shape index (κ2) is 6.43. The molecule has 2 amide bonds. The largest absolute Gasteiger partial charge is 0.481 e. The Labute approximate surface area is 142 Å². The summed E-state index contributed by atoms with van der Waals surface area (Å²) in [5.41, 5.74) is -0.746. The van der Waals surface area contributed by atoms with Gasteiger partial charge in [-0.1, -0.05) is 18.2 Å². The first-order valence-corrected chi connectivity index (χ1v) is 7.64. The number of benzene rings is 1. The Bertz CT molecular complexity index is 840. The number of hydrogen-bond acceptors (Lipinski definition) is 4. The lowest BCUT2D eigenvalue weighted by Crippen LogP contribution is -2.40. The Morgan fingerprint density at radius 1 is 1.28 bits per heavy atom. The fourth-order valence-electron chi connectivity index (χ4n) is 3.15. The van der Waals surface area contributed by atoms with Crippen LogP contribution in [0, 0.1) is 5.82 Å². The summed E-state index contributed by atoms with van der Waals surface area (Å²) in [5, 5.41) is 9.26. The molecule has 0 radical (unpaired) electrons. The molecule has 25 heavy (non-hydrogen) atoms. The van der Waals surface area contributed by atoms with Gasteiger partial charge in [0.1, 0.15) is 5.82 Å². The second-order valence-corrected chi connectivity index (χ2v) is 5.99. The first-order valence-electron chi connectivity index (χ1n) is 7.64. The van der Waals surface area contributed by atoms with Crippen molar-refractivity contribution in [3.8, 4) is 0 Å². The molecule has 2 heterocycles. The van der Waals surface area contributed by atoms with Gasteiger partial charge >= 0.3 is 5.97 Å². The van der Waals surface area contributed by atoms with E-state index in [2.05, 4.69) is 4.98 Å². The number of carboxylic acids is 1. The molecule has 1 unspecified atom stereocenters. The third-order valence-corrected chi connectivity index (χ3v) is 4.30. The Morgan fingerprint density at radius 3 is 2.72 bits per heavy atom. The van der Waals surface area contributed by atoms with E-state index in [1.807, 2.05) is 0 Å². The summed E-state index contributed by atoms with van der Waals surface area (Å²) >= 11 is 0. The fourth-order valence-corrected chi connectivity index (χ4v) is 3.15. The number of aliphatic carboxylic acids is 1. The van der Waals surface area contributed by atoms with Crippen LogP contribution in [-0.4, -0.2) is 32.8 Å². The topological polar surface area (TPSA) is 87.6 Å². The van der Waals surface area contributed by atoms with Crippen molar-refractivity contribution < 1.29 is 23.9 Å². The van der Waals surface area contributed by atoms with Crippen molar-refractivity contribution in [3.05, 3.63) is 65.7 Å². The van der Waals surface area contributed by atoms with Crippen molar-refractivity contribution in [2.24, 2.45) is 0 Å². The lowest BCUT2D eigenvalue weighted by Gasteiger charge is -2.25. The molecule has 1 saturated heterocycles. The molecule has 0 saturated carbocycles. The first-order chi connectivity index (χ1) is 11.9. The average molecular weight is 342 g/mol. The highest BCUT2D eigenvalue weighted by atomic mass is 19.1. The summed E-state index contributed by atoms with van der Waals surface area (Å²) < 4.78 is 13.6. The maximum atomic E-state index is 13.6. The first kappa shape index (κ1) is 16.8. The van der Waals surface area contributed by atoms with Crippen LogP contribution in [0.4, 0.5) is 4.39 Å². The van der Waals surface area contributed by atoms with Gasteiger partial charge in [0.2, 0.25) is 11.8 Å². The molecule has 2 aromatic rings. The van der Waals surface area contributed by atoms with Crippen LogP contribution in [0.2, 0.25) is 0 Å². The molecule has 1 fully saturated rings. The van der Waals surface area contributed by atoms with Gasteiger partial charge in [-0.25, -0.2) is 4.39 Å². The number of halogens is 1. The second-order valence-electron chi connectivity index (χ2n) is 5.99. The molecule has 1 atom stereocenters. The zero-order valence-corrected chi connectivity index (χ0v) is 13.2. The van der Waals surface area contributed by atoms with Gasteiger partial charge in [-0.15, -0.1) is 0 Å². The van der Waals surface area contributed by atoms with Crippen molar-refractivity contribution in [1.82, 2.24) is 9.88 Å². The SMILES string of the molecule is O=C(O)CC1(c2cccc(F)c2)CC(=O)N(Cc2cccnc2)C1=O. The minimum atomic E-state index is -1.59. The number of pyridine rings is 1. The van der Waals surface area contributed by atoms with Gasteiger partial charge < -0.3 is 5.11 Å². The Kier molecular flexibility index (Phi) is 4.31. The standard InChI is InChI=1S/C18H15FN2O4/c19-14-5-1-4-13(7-14)18(9-16(23)24)8-15(22)21(17(18)25)11-12-3-2-6-20-10-12/h1-7,10H,8-9,11H2,(H,23,24). The van der Waals surface area contributed by atoms with Gasteiger partial charge in [0.05, 0.1) is 18.4 Å². The van der Waals surface area contributed by atoms with Crippen LogP contribution in [0.15, 0.2) is 48.8 Å². The maximum absolute atomic E-state index is 13.6. The summed E-state index contributed by atoms with van der Waals surface area (Å²) in [6.45, 7) is 0.00217. The van der Waals surface area contributed by atoms with Gasteiger partial charge in [0, 0.05) is 18.8 Å². The predicted octanol–water partition coefficient (Wildman–Crippen LogP) is 1.89. The quantitative estimate of drug-likeness (QED) is 0.839. The smallest absolute Gasteiger partial charge is 0.304 e. The van der Waals surface area contributed by atoms with Gasteiger partial charge in [0.15, 0.2) is 0 Å². The van der Waals surface area contributed by atoms with E-state index >= 15 is 0 Å². The van der Waals surface area contributed by atoms with E-state index in [4.69, 9.17) is 0 Å². The molecule has 128 valence electrons. The molecule has 7 heteroatoms. The Balaban J connectivity index is 2.00. The summed E-state index contributed by atoms with van der Waals surface area (Å²) in [7, 11) is 0.